The van der Waals surface area contributed by atoms with E-state index in [1.54, 1.807) is 6.92 Å². The van der Waals surface area contributed by atoms with Gasteiger partial charge in [0.15, 0.2) is 5.57 Å². The lowest BCUT2D eigenvalue weighted by molar-refractivity contribution is -0.138. The van der Waals surface area contributed by atoms with Crippen molar-refractivity contribution in [3.05, 3.63) is 47.2 Å². The molecule has 0 aliphatic heterocycles. The Morgan fingerprint density at radius 1 is 1.38 bits per heavy atom. The number of carbonyl (C=O) groups excluding carboxylic acids is 1. The van der Waals surface area contributed by atoms with Crippen LogP contribution in [0.25, 0.3) is 0 Å². The number of hydrogen-bond acceptors (Lipinski definition) is 4. The summed E-state index contributed by atoms with van der Waals surface area (Å²) in [5.74, 6) is -0.0909. The maximum atomic E-state index is 11.7. The predicted octanol–water partition coefficient (Wildman–Crippen LogP) is 2.87. The lowest BCUT2D eigenvalue weighted by atomic mass is 9.94. The van der Waals surface area contributed by atoms with Crippen molar-refractivity contribution in [2.24, 2.45) is 11.7 Å². The smallest absolute Gasteiger partial charge is 0.350 e. The Hall–Kier alpha value is -2.28. The second kappa shape index (κ2) is 6.94. The molecule has 0 saturated heterocycles. The molecule has 0 amide bonds. The second-order valence-corrected chi connectivity index (χ2v) is 5.28. The van der Waals surface area contributed by atoms with Gasteiger partial charge in [-0.1, -0.05) is 30.3 Å². The fourth-order valence-electron chi connectivity index (χ4n) is 2.93. The molecule has 1 aromatic carbocycles. The lowest BCUT2D eigenvalue weighted by Crippen LogP contribution is -2.18. The molecular formula is C17H20N2O2. The Morgan fingerprint density at radius 3 is 2.71 bits per heavy atom. The van der Waals surface area contributed by atoms with E-state index in [0.29, 0.717) is 11.6 Å². The van der Waals surface area contributed by atoms with Crippen molar-refractivity contribution in [3.8, 4) is 6.07 Å². The van der Waals surface area contributed by atoms with Crippen LogP contribution in [-0.4, -0.2) is 12.6 Å². The number of rotatable bonds is 4. The number of ether oxygens (including phenoxy) is 1. The molecule has 110 valence electrons. The standard InChI is InChI=1S/C17H20N2O2/c1-2-21-17(20)15(11-18)16(19)14-9-8-13(10-14)12-6-4-3-5-7-12/h3-7,13-14H,2,8-10,19H2,1H3. The first-order valence-electron chi connectivity index (χ1n) is 7.29. The van der Waals surface area contributed by atoms with Gasteiger partial charge >= 0.3 is 5.97 Å². The predicted molar refractivity (Wildman–Crippen MR) is 80.0 cm³/mol. The molecule has 0 bridgehead atoms. The van der Waals surface area contributed by atoms with Crippen molar-refractivity contribution in [3.63, 3.8) is 0 Å². The summed E-state index contributed by atoms with van der Waals surface area (Å²) in [6.45, 7) is 1.96. The van der Waals surface area contributed by atoms with Gasteiger partial charge in [0.25, 0.3) is 0 Å². The lowest BCUT2D eigenvalue weighted by Gasteiger charge is -2.13. The van der Waals surface area contributed by atoms with Gasteiger partial charge < -0.3 is 10.5 Å². The molecule has 1 fully saturated rings. The third-order valence-electron chi connectivity index (χ3n) is 4.02. The van der Waals surface area contributed by atoms with Crippen LogP contribution in [0, 0.1) is 17.2 Å². The molecule has 2 rings (SSSR count). The average Bonchev–Trinajstić information content (AvgIpc) is 2.99. The van der Waals surface area contributed by atoms with Crippen molar-refractivity contribution in [2.45, 2.75) is 32.1 Å². The van der Waals surface area contributed by atoms with Gasteiger partial charge in [0.05, 0.1) is 6.61 Å². The fraction of sp³-hybridized carbons (Fsp3) is 0.412. The highest BCUT2D eigenvalue weighted by atomic mass is 16.5. The minimum atomic E-state index is -0.610. The van der Waals surface area contributed by atoms with Gasteiger partial charge in [-0.3, -0.25) is 0 Å². The van der Waals surface area contributed by atoms with Gasteiger partial charge in [0.2, 0.25) is 0 Å². The van der Waals surface area contributed by atoms with E-state index in [0.717, 1.165) is 19.3 Å². The Bertz CT molecular complexity index is 572. The van der Waals surface area contributed by atoms with Gasteiger partial charge in [0.1, 0.15) is 6.07 Å². The maximum absolute atomic E-state index is 11.7. The molecule has 2 atom stereocenters. The largest absolute Gasteiger partial charge is 0.462 e. The first-order valence-corrected chi connectivity index (χ1v) is 7.29. The highest BCUT2D eigenvalue weighted by Gasteiger charge is 2.30. The molecule has 0 aromatic heterocycles. The molecule has 0 radical (unpaired) electrons. The fourth-order valence-corrected chi connectivity index (χ4v) is 2.93. The number of allylic oxidation sites excluding steroid dienone is 1. The quantitative estimate of drug-likeness (QED) is 0.524. The summed E-state index contributed by atoms with van der Waals surface area (Å²) in [4.78, 5) is 11.7. The Kier molecular flexibility index (Phi) is 4.99. The van der Waals surface area contributed by atoms with E-state index < -0.39 is 5.97 Å². The molecule has 0 heterocycles. The number of nitrogens with zero attached hydrogens (tertiary/aromatic N) is 1. The summed E-state index contributed by atoms with van der Waals surface area (Å²) < 4.78 is 4.89. The summed E-state index contributed by atoms with van der Waals surface area (Å²) in [6.07, 6.45) is 2.80. The van der Waals surface area contributed by atoms with Crippen LogP contribution in [0.3, 0.4) is 0 Å². The summed E-state index contributed by atoms with van der Waals surface area (Å²) in [6, 6.07) is 12.2. The molecular weight excluding hydrogens is 264 g/mol. The van der Waals surface area contributed by atoms with E-state index in [9.17, 15) is 4.79 Å². The van der Waals surface area contributed by atoms with Crippen LogP contribution in [0.4, 0.5) is 0 Å². The van der Waals surface area contributed by atoms with E-state index in [1.165, 1.54) is 5.56 Å². The van der Waals surface area contributed by atoms with Crippen LogP contribution in [0.1, 0.15) is 37.7 Å². The molecule has 4 nitrogen and oxygen atoms in total. The Balaban J connectivity index is 2.13. The normalized spacial score (nSPS) is 22.3. The number of carbonyl (C=O) groups is 1. The monoisotopic (exact) mass is 284 g/mol. The van der Waals surface area contributed by atoms with Crippen molar-refractivity contribution in [1.29, 1.82) is 5.26 Å². The molecule has 4 heteroatoms. The number of nitriles is 1. The van der Waals surface area contributed by atoms with E-state index in [1.807, 2.05) is 24.3 Å². The highest BCUT2D eigenvalue weighted by molar-refractivity contribution is 5.93. The zero-order valence-electron chi connectivity index (χ0n) is 12.2. The van der Waals surface area contributed by atoms with E-state index in [4.69, 9.17) is 15.7 Å². The zero-order chi connectivity index (χ0) is 15.2. The first-order chi connectivity index (χ1) is 10.2. The summed E-state index contributed by atoms with van der Waals surface area (Å²) in [7, 11) is 0. The van der Waals surface area contributed by atoms with Gasteiger partial charge in [-0.25, -0.2) is 4.79 Å². The zero-order valence-corrected chi connectivity index (χ0v) is 12.2. The number of hydrogen-bond donors (Lipinski definition) is 1. The number of nitrogens with two attached hydrogens (primary N) is 1. The van der Waals surface area contributed by atoms with Gasteiger partial charge in [-0.05, 0) is 37.7 Å². The molecule has 1 aliphatic rings. The van der Waals surface area contributed by atoms with Crippen molar-refractivity contribution in [1.82, 2.24) is 0 Å². The maximum Gasteiger partial charge on any atom is 0.350 e. The Labute approximate surface area is 125 Å². The third-order valence-corrected chi connectivity index (χ3v) is 4.02. The third kappa shape index (κ3) is 3.43. The van der Waals surface area contributed by atoms with Gasteiger partial charge in [0, 0.05) is 11.6 Å². The van der Waals surface area contributed by atoms with E-state index >= 15 is 0 Å². The number of esters is 1. The van der Waals surface area contributed by atoms with Crippen LogP contribution in [0.5, 0.6) is 0 Å². The minimum Gasteiger partial charge on any atom is -0.462 e. The number of benzene rings is 1. The summed E-state index contributed by atoms with van der Waals surface area (Å²) in [5, 5.41) is 9.15. The first kappa shape index (κ1) is 15.1. The van der Waals surface area contributed by atoms with Crippen molar-refractivity contribution >= 4 is 5.97 Å². The average molecular weight is 284 g/mol. The van der Waals surface area contributed by atoms with Crippen LogP contribution in [0.2, 0.25) is 0 Å². The molecule has 1 aliphatic carbocycles. The van der Waals surface area contributed by atoms with Crippen molar-refractivity contribution in [2.75, 3.05) is 6.61 Å². The van der Waals surface area contributed by atoms with E-state index in [-0.39, 0.29) is 18.1 Å². The van der Waals surface area contributed by atoms with Crippen LogP contribution < -0.4 is 5.73 Å². The van der Waals surface area contributed by atoms with Crippen LogP contribution in [-0.2, 0) is 9.53 Å². The minimum absolute atomic E-state index is 0.0319. The molecule has 2 N–H and O–H groups in total. The summed E-state index contributed by atoms with van der Waals surface area (Å²) in [5.41, 5.74) is 7.71. The van der Waals surface area contributed by atoms with Gasteiger partial charge in [-0.15, -0.1) is 0 Å². The molecule has 2 unspecified atom stereocenters. The molecule has 1 saturated carbocycles. The molecule has 1 aromatic rings. The molecule has 21 heavy (non-hydrogen) atoms. The van der Waals surface area contributed by atoms with Crippen LogP contribution >= 0.6 is 0 Å². The highest BCUT2D eigenvalue weighted by Crippen LogP contribution is 2.40. The second-order valence-electron chi connectivity index (χ2n) is 5.28. The molecule has 0 spiro atoms. The topological polar surface area (TPSA) is 76.1 Å². The van der Waals surface area contributed by atoms with Crippen molar-refractivity contribution < 1.29 is 9.53 Å². The van der Waals surface area contributed by atoms with E-state index in [2.05, 4.69) is 12.1 Å². The van der Waals surface area contributed by atoms with Crippen LogP contribution in [0.15, 0.2) is 41.6 Å². The Morgan fingerprint density at radius 2 is 2.10 bits per heavy atom. The van der Waals surface area contributed by atoms with Gasteiger partial charge in [-0.2, -0.15) is 5.26 Å². The summed E-state index contributed by atoms with van der Waals surface area (Å²) >= 11 is 0. The SMILES string of the molecule is CCOC(=O)C(C#N)=C(N)C1CCC(c2ccccc2)C1.